The lowest BCUT2D eigenvalue weighted by Crippen LogP contribution is -2.27. The molecule has 32 heavy (non-hydrogen) atoms. The van der Waals surface area contributed by atoms with E-state index in [2.05, 4.69) is 17.2 Å². The molecule has 0 radical (unpaired) electrons. The molecular formula is C25H22ClFN4O. The molecule has 0 fully saturated rings. The van der Waals surface area contributed by atoms with Crippen LogP contribution in [0.15, 0.2) is 76.5 Å². The summed E-state index contributed by atoms with van der Waals surface area (Å²) in [7, 11) is 0. The zero-order valence-corrected chi connectivity index (χ0v) is 18.3. The minimum atomic E-state index is -0.298. The third kappa shape index (κ3) is 3.94. The molecule has 1 aliphatic heterocycles. The van der Waals surface area contributed by atoms with Crippen molar-refractivity contribution >= 4 is 28.5 Å². The zero-order chi connectivity index (χ0) is 22.2. The van der Waals surface area contributed by atoms with Crippen molar-refractivity contribution < 1.29 is 4.39 Å². The molecule has 0 aliphatic carbocycles. The Balaban J connectivity index is 1.62. The van der Waals surface area contributed by atoms with Gasteiger partial charge in [-0.2, -0.15) is 0 Å². The van der Waals surface area contributed by atoms with Crippen LogP contribution in [0.25, 0.3) is 11.0 Å². The van der Waals surface area contributed by atoms with E-state index in [-0.39, 0.29) is 17.5 Å². The number of fused-ring (bicyclic) bond motifs is 1. The number of halogens is 2. The predicted molar refractivity (Wildman–Crippen MR) is 126 cm³/mol. The zero-order valence-electron chi connectivity index (χ0n) is 17.6. The fourth-order valence-corrected chi connectivity index (χ4v) is 4.17. The Morgan fingerprint density at radius 2 is 1.59 bits per heavy atom. The van der Waals surface area contributed by atoms with E-state index in [1.165, 1.54) is 12.1 Å². The Labute approximate surface area is 189 Å². The van der Waals surface area contributed by atoms with E-state index >= 15 is 0 Å². The van der Waals surface area contributed by atoms with E-state index in [4.69, 9.17) is 11.6 Å². The van der Waals surface area contributed by atoms with E-state index in [9.17, 15) is 9.18 Å². The third-order valence-corrected chi connectivity index (χ3v) is 5.96. The van der Waals surface area contributed by atoms with Crippen molar-refractivity contribution in [3.8, 4) is 0 Å². The molecule has 1 N–H and O–H groups in total. The van der Waals surface area contributed by atoms with Gasteiger partial charge in [0.05, 0.1) is 30.7 Å². The predicted octanol–water partition coefficient (Wildman–Crippen LogP) is 4.43. The maximum atomic E-state index is 13.5. The number of nitrogens with zero attached hydrogens (tertiary/aromatic N) is 3. The first-order valence-corrected chi connectivity index (χ1v) is 10.9. The maximum absolute atomic E-state index is 13.5. The van der Waals surface area contributed by atoms with Gasteiger partial charge in [0.25, 0.3) is 0 Å². The highest BCUT2D eigenvalue weighted by Gasteiger charge is 2.19. The number of imidazole rings is 1. The third-order valence-electron chi connectivity index (χ3n) is 5.71. The topological polar surface area (TPSA) is 51.3 Å². The summed E-state index contributed by atoms with van der Waals surface area (Å²) in [4.78, 5) is 18.1. The second-order valence-electron chi connectivity index (χ2n) is 8.15. The summed E-state index contributed by atoms with van der Waals surface area (Å²) in [5.41, 5.74) is 4.31. The molecule has 1 aromatic heterocycles. The lowest BCUT2D eigenvalue weighted by molar-refractivity contribution is 0.626. The Morgan fingerprint density at radius 1 is 0.969 bits per heavy atom. The number of benzene rings is 3. The van der Waals surface area contributed by atoms with Crippen LogP contribution in [0.2, 0.25) is 5.02 Å². The summed E-state index contributed by atoms with van der Waals surface area (Å²) in [5.74, 6) is 0.540. The number of aromatic nitrogens is 2. The van der Waals surface area contributed by atoms with Gasteiger partial charge in [-0.15, -0.1) is 0 Å². The molecule has 0 bridgehead atoms. The van der Waals surface area contributed by atoms with E-state index in [0.717, 1.165) is 40.1 Å². The van der Waals surface area contributed by atoms with Crippen LogP contribution in [-0.2, 0) is 13.1 Å². The molecule has 0 amide bonds. The van der Waals surface area contributed by atoms with Gasteiger partial charge in [0, 0.05) is 16.6 Å². The van der Waals surface area contributed by atoms with Gasteiger partial charge >= 0.3 is 5.69 Å². The van der Waals surface area contributed by atoms with Gasteiger partial charge in [-0.25, -0.2) is 9.18 Å². The summed E-state index contributed by atoms with van der Waals surface area (Å²) in [6.45, 7) is 3.59. The minimum absolute atomic E-state index is 0.119. The number of hydrogen-bond donors (Lipinski definition) is 1. The molecule has 4 aromatic rings. The fraction of sp³-hybridized carbons (Fsp3) is 0.200. The van der Waals surface area contributed by atoms with Gasteiger partial charge in [-0.05, 0) is 60.5 Å². The average molecular weight is 449 g/mol. The fourth-order valence-electron chi connectivity index (χ4n) is 4.04. The summed E-state index contributed by atoms with van der Waals surface area (Å²) in [6.07, 6.45) is 0. The van der Waals surface area contributed by atoms with Gasteiger partial charge in [0.15, 0.2) is 0 Å². The summed E-state index contributed by atoms with van der Waals surface area (Å²) in [6, 6.07) is 20.0. The number of hydrogen-bond acceptors (Lipinski definition) is 3. The lowest BCUT2D eigenvalue weighted by Gasteiger charge is -2.08. The minimum Gasteiger partial charge on any atom is -0.366 e. The Bertz CT molecular complexity index is 1370. The van der Waals surface area contributed by atoms with Crippen LogP contribution >= 0.6 is 11.6 Å². The average Bonchev–Trinajstić information content (AvgIpc) is 3.33. The molecule has 0 spiro atoms. The van der Waals surface area contributed by atoms with E-state index in [0.29, 0.717) is 18.1 Å². The van der Waals surface area contributed by atoms with Gasteiger partial charge < -0.3 is 5.32 Å². The first kappa shape index (κ1) is 20.5. The standard InChI is InChI=1S/C25H22ClFN4O/c1-16-13-28-24(29-16)19-6-11-22-23(12-19)31(15-18-4-9-21(27)10-5-18)25(32)30(22)14-17-2-7-20(26)8-3-17/h2-12,16H,13-15H2,1H3,(H,28,29). The first-order valence-electron chi connectivity index (χ1n) is 10.5. The number of rotatable bonds is 5. The maximum Gasteiger partial charge on any atom is 0.329 e. The van der Waals surface area contributed by atoms with Crippen LogP contribution in [0, 0.1) is 5.82 Å². The van der Waals surface area contributed by atoms with Gasteiger partial charge in [0.1, 0.15) is 11.7 Å². The van der Waals surface area contributed by atoms with Gasteiger partial charge in [-0.3, -0.25) is 14.1 Å². The lowest BCUT2D eigenvalue weighted by atomic mass is 10.1. The molecule has 162 valence electrons. The Morgan fingerprint density at radius 3 is 2.22 bits per heavy atom. The number of amidine groups is 1. The van der Waals surface area contributed by atoms with Crippen molar-refractivity contribution in [3.63, 3.8) is 0 Å². The monoisotopic (exact) mass is 448 g/mol. The summed E-state index contributed by atoms with van der Waals surface area (Å²) >= 11 is 6.02. The molecule has 1 atom stereocenters. The molecule has 2 heterocycles. The highest BCUT2D eigenvalue weighted by Crippen LogP contribution is 2.20. The smallest absolute Gasteiger partial charge is 0.329 e. The molecule has 5 rings (SSSR count). The number of nitrogens with one attached hydrogen (secondary N) is 1. The van der Waals surface area contributed by atoms with Crippen LogP contribution in [0.1, 0.15) is 23.6 Å². The molecular weight excluding hydrogens is 427 g/mol. The van der Waals surface area contributed by atoms with Gasteiger partial charge in [0.2, 0.25) is 0 Å². The number of aliphatic imine (C=N–C) groups is 1. The van der Waals surface area contributed by atoms with Crippen LogP contribution in [0.5, 0.6) is 0 Å². The van der Waals surface area contributed by atoms with Gasteiger partial charge in [-0.1, -0.05) is 35.9 Å². The summed E-state index contributed by atoms with van der Waals surface area (Å²) in [5, 5.41) is 4.03. The molecule has 7 heteroatoms. The summed E-state index contributed by atoms with van der Waals surface area (Å²) < 4.78 is 16.9. The molecule has 1 aliphatic rings. The largest absolute Gasteiger partial charge is 0.366 e. The van der Waals surface area contributed by atoms with Crippen molar-refractivity contribution in [2.45, 2.75) is 26.1 Å². The second-order valence-corrected chi connectivity index (χ2v) is 8.58. The van der Waals surface area contributed by atoms with Crippen molar-refractivity contribution in [3.05, 3.63) is 105 Å². The van der Waals surface area contributed by atoms with Crippen molar-refractivity contribution in [1.82, 2.24) is 14.5 Å². The van der Waals surface area contributed by atoms with Crippen LogP contribution in [0.4, 0.5) is 4.39 Å². The SMILES string of the molecule is CC1CN=C(c2ccc3c(c2)n(Cc2ccc(F)cc2)c(=O)n3Cc2ccc(Cl)cc2)N1. The quantitative estimate of drug-likeness (QED) is 0.491. The van der Waals surface area contributed by atoms with Crippen molar-refractivity contribution in [2.24, 2.45) is 4.99 Å². The molecule has 1 unspecified atom stereocenters. The van der Waals surface area contributed by atoms with Crippen molar-refractivity contribution in [2.75, 3.05) is 6.54 Å². The molecule has 3 aromatic carbocycles. The molecule has 0 saturated carbocycles. The van der Waals surface area contributed by atoms with E-state index in [1.807, 2.05) is 42.5 Å². The second kappa shape index (κ2) is 8.28. The van der Waals surface area contributed by atoms with Crippen LogP contribution in [-0.4, -0.2) is 27.6 Å². The highest BCUT2D eigenvalue weighted by molar-refractivity contribution is 6.30. The van der Waals surface area contributed by atoms with Crippen LogP contribution < -0.4 is 11.0 Å². The molecule has 0 saturated heterocycles. The van der Waals surface area contributed by atoms with Crippen LogP contribution in [0.3, 0.4) is 0 Å². The Kier molecular flexibility index (Phi) is 5.31. The highest BCUT2D eigenvalue weighted by atomic mass is 35.5. The first-order chi connectivity index (χ1) is 15.5. The Hall–Kier alpha value is -3.38. The normalized spacial score (nSPS) is 15.7. The van der Waals surface area contributed by atoms with Crippen molar-refractivity contribution in [1.29, 1.82) is 0 Å². The molecule has 5 nitrogen and oxygen atoms in total. The van der Waals surface area contributed by atoms with E-state index < -0.39 is 0 Å². The van der Waals surface area contributed by atoms with E-state index in [1.54, 1.807) is 21.3 Å².